The predicted molar refractivity (Wildman–Crippen MR) is 90.4 cm³/mol. The summed E-state index contributed by atoms with van der Waals surface area (Å²) in [6.45, 7) is -0.463. The molecule has 3 rings (SSSR count). The van der Waals surface area contributed by atoms with Crippen LogP contribution in [0.2, 0.25) is 0 Å². The van der Waals surface area contributed by atoms with E-state index in [0.717, 1.165) is 12.1 Å². The molecule has 0 spiro atoms. The molecule has 146 valence electrons. The molecule has 0 radical (unpaired) electrons. The molecule has 0 saturated carbocycles. The van der Waals surface area contributed by atoms with Crippen molar-refractivity contribution >= 4 is 17.6 Å². The Balaban J connectivity index is 1.55. The number of carbonyl (C=O) groups excluding carboxylic acids is 2. The monoisotopic (exact) mass is 393 g/mol. The van der Waals surface area contributed by atoms with Gasteiger partial charge >= 0.3 is 12.1 Å². The third kappa shape index (κ3) is 4.78. The molecule has 28 heavy (non-hydrogen) atoms. The number of amides is 1. The standard InChI is InChI=1S/C18H14F3N3O4/c19-18(20,21)13-4-1-2-5-14(13)23-16(25)11-27-17(26)15-7-6-12(28-15)10-24-9-3-8-22-24/h1-9H,10-11H2,(H,23,25). The Morgan fingerprint density at radius 2 is 1.93 bits per heavy atom. The van der Waals surface area contributed by atoms with E-state index in [2.05, 4.69) is 10.4 Å². The summed E-state index contributed by atoms with van der Waals surface area (Å²) in [7, 11) is 0. The Morgan fingerprint density at radius 1 is 1.14 bits per heavy atom. The number of hydrogen-bond acceptors (Lipinski definition) is 5. The smallest absolute Gasteiger partial charge is 0.418 e. The zero-order valence-electron chi connectivity index (χ0n) is 14.3. The number of esters is 1. The zero-order valence-corrected chi connectivity index (χ0v) is 14.3. The van der Waals surface area contributed by atoms with Crippen LogP contribution in [0.25, 0.3) is 0 Å². The average molecular weight is 393 g/mol. The van der Waals surface area contributed by atoms with Crippen molar-refractivity contribution in [3.8, 4) is 0 Å². The maximum Gasteiger partial charge on any atom is 0.418 e. The summed E-state index contributed by atoms with van der Waals surface area (Å²) < 4.78 is 50.4. The molecule has 0 atom stereocenters. The molecular formula is C18H14F3N3O4. The lowest BCUT2D eigenvalue weighted by atomic mass is 10.1. The number of carbonyl (C=O) groups is 2. The van der Waals surface area contributed by atoms with E-state index in [-0.39, 0.29) is 5.76 Å². The van der Waals surface area contributed by atoms with Crippen molar-refractivity contribution in [2.24, 2.45) is 0 Å². The number of para-hydroxylation sites is 1. The van der Waals surface area contributed by atoms with E-state index in [1.807, 2.05) is 0 Å². The lowest BCUT2D eigenvalue weighted by Crippen LogP contribution is -2.22. The fraction of sp³-hybridized carbons (Fsp3) is 0.167. The van der Waals surface area contributed by atoms with Crippen LogP contribution < -0.4 is 5.32 Å². The molecule has 7 nitrogen and oxygen atoms in total. The van der Waals surface area contributed by atoms with Gasteiger partial charge in [-0.3, -0.25) is 9.48 Å². The molecule has 0 fully saturated rings. The van der Waals surface area contributed by atoms with Crippen LogP contribution in [-0.2, 0) is 22.3 Å². The first-order valence-corrected chi connectivity index (χ1v) is 8.02. The van der Waals surface area contributed by atoms with Crippen molar-refractivity contribution in [1.29, 1.82) is 0 Å². The highest BCUT2D eigenvalue weighted by atomic mass is 19.4. The summed E-state index contributed by atoms with van der Waals surface area (Å²) in [5.41, 5.74) is -1.42. The molecule has 0 saturated heterocycles. The van der Waals surface area contributed by atoms with E-state index in [1.54, 1.807) is 29.2 Å². The number of aromatic nitrogens is 2. The SMILES string of the molecule is O=C(COC(=O)c1ccc(Cn2cccn2)o1)Nc1ccccc1C(F)(F)F. The first-order valence-electron chi connectivity index (χ1n) is 8.02. The Bertz CT molecular complexity index is 965. The molecule has 1 amide bonds. The third-order valence-corrected chi connectivity index (χ3v) is 3.58. The number of nitrogens with zero attached hydrogens (tertiary/aromatic N) is 2. The van der Waals surface area contributed by atoms with Crippen molar-refractivity contribution in [1.82, 2.24) is 9.78 Å². The van der Waals surface area contributed by atoms with Gasteiger partial charge in [0.2, 0.25) is 5.76 Å². The predicted octanol–water partition coefficient (Wildman–Crippen LogP) is 3.34. The molecule has 0 aliphatic rings. The van der Waals surface area contributed by atoms with Crippen molar-refractivity contribution in [3.63, 3.8) is 0 Å². The number of rotatable bonds is 6. The number of benzene rings is 1. The summed E-state index contributed by atoms with van der Waals surface area (Å²) in [5.74, 6) is -1.51. The van der Waals surface area contributed by atoms with Crippen LogP contribution in [0.5, 0.6) is 0 Å². The van der Waals surface area contributed by atoms with Crippen LogP contribution in [0, 0.1) is 0 Å². The van der Waals surface area contributed by atoms with Crippen LogP contribution in [0.1, 0.15) is 21.9 Å². The second-order valence-electron chi connectivity index (χ2n) is 5.64. The first-order chi connectivity index (χ1) is 13.3. The summed E-state index contributed by atoms with van der Waals surface area (Å²) in [6, 6.07) is 9.16. The van der Waals surface area contributed by atoms with Crippen molar-refractivity contribution < 1.29 is 31.9 Å². The molecule has 0 bridgehead atoms. The molecule has 0 aliphatic heterocycles. The minimum Gasteiger partial charge on any atom is -0.452 e. The van der Waals surface area contributed by atoms with Crippen LogP contribution >= 0.6 is 0 Å². The van der Waals surface area contributed by atoms with Crippen molar-refractivity contribution in [2.75, 3.05) is 11.9 Å². The van der Waals surface area contributed by atoms with E-state index < -0.39 is 35.9 Å². The minimum absolute atomic E-state index is 0.134. The molecule has 1 aromatic carbocycles. The Labute approximate surface area is 156 Å². The van der Waals surface area contributed by atoms with Gasteiger partial charge in [-0.25, -0.2) is 4.79 Å². The number of alkyl halides is 3. The van der Waals surface area contributed by atoms with E-state index in [1.165, 1.54) is 18.2 Å². The Morgan fingerprint density at radius 3 is 2.64 bits per heavy atom. The van der Waals surface area contributed by atoms with E-state index in [0.29, 0.717) is 12.3 Å². The fourth-order valence-corrected chi connectivity index (χ4v) is 2.35. The van der Waals surface area contributed by atoms with E-state index in [9.17, 15) is 22.8 Å². The molecule has 1 N–H and O–H groups in total. The van der Waals surface area contributed by atoms with Gasteiger partial charge in [0.1, 0.15) is 5.76 Å². The van der Waals surface area contributed by atoms with Gasteiger partial charge < -0.3 is 14.5 Å². The van der Waals surface area contributed by atoms with Gasteiger partial charge in [0.25, 0.3) is 5.91 Å². The van der Waals surface area contributed by atoms with Crippen molar-refractivity contribution in [2.45, 2.75) is 12.7 Å². The molecule has 2 heterocycles. The number of nitrogens with one attached hydrogen (secondary N) is 1. The molecular weight excluding hydrogens is 379 g/mol. The second-order valence-corrected chi connectivity index (χ2v) is 5.64. The molecule has 3 aromatic rings. The van der Waals surface area contributed by atoms with Gasteiger partial charge in [-0.15, -0.1) is 0 Å². The largest absolute Gasteiger partial charge is 0.452 e. The first kappa shape index (κ1) is 19.2. The summed E-state index contributed by atoms with van der Waals surface area (Å²) in [5, 5.41) is 6.08. The van der Waals surface area contributed by atoms with Crippen LogP contribution in [-0.4, -0.2) is 28.3 Å². The number of ether oxygens (including phenoxy) is 1. The number of hydrogen-bond donors (Lipinski definition) is 1. The maximum atomic E-state index is 12.9. The number of anilines is 1. The summed E-state index contributed by atoms with van der Waals surface area (Å²) in [6.07, 6.45) is -1.32. The van der Waals surface area contributed by atoms with E-state index in [4.69, 9.17) is 9.15 Å². The fourth-order valence-electron chi connectivity index (χ4n) is 2.35. The second kappa shape index (κ2) is 7.99. The summed E-state index contributed by atoms with van der Waals surface area (Å²) >= 11 is 0. The van der Waals surface area contributed by atoms with E-state index >= 15 is 0 Å². The molecule has 10 heteroatoms. The highest BCUT2D eigenvalue weighted by molar-refractivity contribution is 5.95. The minimum atomic E-state index is -4.63. The van der Waals surface area contributed by atoms with Crippen LogP contribution in [0.15, 0.2) is 59.3 Å². The van der Waals surface area contributed by atoms with Gasteiger partial charge in [-0.05, 0) is 30.3 Å². The molecule has 0 aliphatic carbocycles. The quantitative estimate of drug-likeness (QED) is 0.649. The van der Waals surface area contributed by atoms with Crippen LogP contribution in [0.4, 0.5) is 18.9 Å². The normalized spacial score (nSPS) is 11.2. The van der Waals surface area contributed by atoms with Gasteiger partial charge in [-0.1, -0.05) is 12.1 Å². The van der Waals surface area contributed by atoms with Gasteiger partial charge in [0.15, 0.2) is 6.61 Å². The van der Waals surface area contributed by atoms with Gasteiger partial charge in [-0.2, -0.15) is 18.3 Å². The molecule has 0 unspecified atom stereocenters. The lowest BCUT2D eigenvalue weighted by Gasteiger charge is -2.13. The molecule has 2 aromatic heterocycles. The number of furan rings is 1. The van der Waals surface area contributed by atoms with Crippen LogP contribution in [0.3, 0.4) is 0 Å². The highest BCUT2D eigenvalue weighted by Gasteiger charge is 2.33. The summed E-state index contributed by atoms with van der Waals surface area (Å²) in [4.78, 5) is 23.8. The zero-order chi connectivity index (χ0) is 20.1. The van der Waals surface area contributed by atoms with Gasteiger partial charge in [0.05, 0.1) is 17.8 Å². The third-order valence-electron chi connectivity index (χ3n) is 3.58. The topological polar surface area (TPSA) is 86.4 Å². The highest BCUT2D eigenvalue weighted by Crippen LogP contribution is 2.34. The average Bonchev–Trinajstić information content (AvgIpc) is 3.32. The Hall–Kier alpha value is -3.56. The van der Waals surface area contributed by atoms with Crippen molar-refractivity contribution in [3.05, 3.63) is 71.9 Å². The maximum absolute atomic E-state index is 12.9. The number of halogens is 3. The lowest BCUT2D eigenvalue weighted by molar-refractivity contribution is -0.137. The van der Waals surface area contributed by atoms with Gasteiger partial charge in [0, 0.05) is 12.4 Å². The Kier molecular flexibility index (Phi) is 5.48.